The summed E-state index contributed by atoms with van der Waals surface area (Å²) >= 11 is 2.78. The van der Waals surface area contributed by atoms with E-state index in [0.29, 0.717) is 16.9 Å². The molecule has 0 aliphatic carbocycles. The van der Waals surface area contributed by atoms with Crippen molar-refractivity contribution in [2.45, 2.75) is 6.61 Å². The maximum atomic E-state index is 13.3. The van der Waals surface area contributed by atoms with Crippen molar-refractivity contribution in [2.24, 2.45) is 0 Å². The molecule has 0 atom stereocenters. The van der Waals surface area contributed by atoms with Crippen LogP contribution in [-0.2, 0) is 16.2 Å². The van der Waals surface area contributed by atoms with E-state index >= 15 is 0 Å². The van der Waals surface area contributed by atoms with E-state index in [4.69, 9.17) is 4.74 Å². The number of nitrogens with zero attached hydrogens (tertiary/aromatic N) is 2. The molecule has 37 heavy (non-hydrogen) atoms. The Morgan fingerprint density at radius 1 is 1.14 bits per heavy atom. The average molecular weight is 633 g/mol. The summed E-state index contributed by atoms with van der Waals surface area (Å²) in [7, 11) is 0. The molecule has 1 fully saturated rings. The highest BCUT2D eigenvalue weighted by atomic mass is 127. The Kier molecular flexibility index (Phi) is 8.18. The first kappa shape index (κ1) is 26.3. The van der Waals surface area contributed by atoms with Gasteiger partial charge in [-0.2, -0.15) is 0 Å². The molecule has 0 bridgehead atoms. The highest BCUT2D eigenvalue weighted by molar-refractivity contribution is 14.1. The number of benzene rings is 3. The maximum absolute atomic E-state index is 13.3. The largest absolute Gasteiger partial charge is 0.488 e. The lowest BCUT2D eigenvalue weighted by Gasteiger charge is -2.12. The van der Waals surface area contributed by atoms with Gasteiger partial charge in [0.1, 0.15) is 24.7 Å². The lowest BCUT2D eigenvalue weighted by molar-refractivity contribution is -0.384. The fraction of sp³-hybridized carbons (Fsp3) is 0.0800. The van der Waals surface area contributed by atoms with Gasteiger partial charge in [-0.25, -0.2) is 4.39 Å². The number of nitro benzene ring substituents is 1. The summed E-state index contributed by atoms with van der Waals surface area (Å²) < 4.78 is 19.8. The maximum Gasteiger partial charge on any atom is 0.294 e. The van der Waals surface area contributed by atoms with Crippen LogP contribution in [0.1, 0.15) is 11.1 Å². The quantitative estimate of drug-likeness (QED) is 0.149. The molecule has 3 amide bonds. The van der Waals surface area contributed by atoms with Crippen LogP contribution in [0.4, 0.5) is 20.6 Å². The number of halogens is 2. The third-order valence-electron chi connectivity index (χ3n) is 5.05. The number of thioether (sulfide) groups is 1. The molecule has 0 spiro atoms. The number of hydrogen-bond acceptors (Lipinski definition) is 7. The van der Waals surface area contributed by atoms with Crippen molar-refractivity contribution in [1.29, 1.82) is 0 Å². The second kappa shape index (κ2) is 11.5. The van der Waals surface area contributed by atoms with Crippen LogP contribution in [0.2, 0.25) is 0 Å². The number of amides is 3. The lowest BCUT2D eigenvalue weighted by atomic mass is 10.2. The first-order valence-corrected chi connectivity index (χ1v) is 12.6. The molecule has 3 aromatic carbocycles. The second-order valence-electron chi connectivity index (χ2n) is 7.73. The van der Waals surface area contributed by atoms with Crippen molar-refractivity contribution in [3.05, 3.63) is 102 Å². The number of imide groups is 1. The lowest BCUT2D eigenvalue weighted by Crippen LogP contribution is -2.36. The van der Waals surface area contributed by atoms with Crippen molar-refractivity contribution in [3.63, 3.8) is 0 Å². The molecule has 0 saturated carbocycles. The fourth-order valence-corrected chi connectivity index (χ4v) is 4.88. The molecule has 4 rings (SSSR count). The molecule has 1 N–H and O–H groups in total. The SMILES string of the molecule is O=C(CN1C(=O)S/C(=C/c2ccc(OCc3cccc([N+](=O)[O-])c3)c(I)c2)C1=O)Nc1cccc(F)c1. The van der Waals surface area contributed by atoms with E-state index in [2.05, 4.69) is 27.9 Å². The summed E-state index contributed by atoms with van der Waals surface area (Å²) in [6.45, 7) is -0.367. The van der Waals surface area contributed by atoms with Gasteiger partial charge in [-0.3, -0.25) is 29.4 Å². The molecule has 0 unspecified atom stereocenters. The van der Waals surface area contributed by atoms with Crippen LogP contribution >= 0.6 is 34.4 Å². The van der Waals surface area contributed by atoms with E-state index in [9.17, 15) is 28.9 Å². The van der Waals surface area contributed by atoms with Crippen molar-refractivity contribution in [1.82, 2.24) is 4.90 Å². The van der Waals surface area contributed by atoms with Crippen LogP contribution in [0.5, 0.6) is 5.75 Å². The molecular weight excluding hydrogens is 616 g/mol. The number of hydrogen-bond donors (Lipinski definition) is 1. The number of ether oxygens (including phenoxy) is 1. The molecule has 0 radical (unpaired) electrons. The third kappa shape index (κ3) is 6.71. The van der Waals surface area contributed by atoms with Gasteiger partial charge < -0.3 is 10.1 Å². The zero-order valence-electron chi connectivity index (χ0n) is 18.9. The molecule has 1 aliphatic rings. The number of carbonyl (C=O) groups excluding carboxylic acids is 3. The smallest absolute Gasteiger partial charge is 0.294 e. The highest BCUT2D eigenvalue weighted by Crippen LogP contribution is 2.33. The topological polar surface area (TPSA) is 119 Å². The molecule has 188 valence electrons. The van der Waals surface area contributed by atoms with Crippen LogP contribution in [0.15, 0.2) is 71.6 Å². The Morgan fingerprint density at radius 2 is 1.92 bits per heavy atom. The molecule has 3 aromatic rings. The summed E-state index contributed by atoms with van der Waals surface area (Å²) in [5.41, 5.74) is 1.48. The first-order valence-electron chi connectivity index (χ1n) is 10.7. The molecule has 0 aromatic heterocycles. The van der Waals surface area contributed by atoms with Gasteiger partial charge in [-0.05, 0) is 81.9 Å². The van der Waals surface area contributed by atoms with Crippen LogP contribution in [0.25, 0.3) is 6.08 Å². The Hall–Kier alpha value is -3.78. The Labute approximate surface area is 228 Å². The van der Waals surface area contributed by atoms with Crippen LogP contribution in [0, 0.1) is 19.5 Å². The molecule has 1 heterocycles. The van der Waals surface area contributed by atoms with E-state index in [-0.39, 0.29) is 22.9 Å². The van der Waals surface area contributed by atoms with Gasteiger partial charge in [0.15, 0.2) is 0 Å². The minimum Gasteiger partial charge on any atom is -0.488 e. The number of rotatable bonds is 8. The third-order valence-corrected chi connectivity index (χ3v) is 6.80. The molecule has 12 heteroatoms. The first-order chi connectivity index (χ1) is 17.7. The fourth-order valence-electron chi connectivity index (χ4n) is 3.34. The summed E-state index contributed by atoms with van der Waals surface area (Å²) in [4.78, 5) is 48.8. The van der Waals surface area contributed by atoms with E-state index in [1.807, 2.05) is 0 Å². The molecule has 1 aliphatic heterocycles. The van der Waals surface area contributed by atoms with Crippen molar-refractivity contribution >= 4 is 68.9 Å². The van der Waals surface area contributed by atoms with Crippen molar-refractivity contribution in [2.75, 3.05) is 11.9 Å². The Morgan fingerprint density at radius 3 is 2.65 bits per heavy atom. The van der Waals surface area contributed by atoms with Gasteiger partial charge >= 0.3 is 0 Å². The average Bonchev–Trinajstić information content (AvgIpc) is 3.11. The second-order valence-corrected chi connectivity index (χ2v) is 9.89. The normalized spacial score (nSPS) is 14.2. The van der Waals surface area contributed by atoms with Crippen LogP contribution < -0.4 is 10.1 Å². The van der Waals surface area contributed by atoms with Gasteiger partial charge in [0.05, 0.1) is 13.4 Å². The van der Waals surface area contributed by atoms with E-state index in [0.717, 1.165) is 26.3 Å². The van der Waals surface area contributed by atoms with Crippen molar-refractivity contribution in [3.8, 4) is 5.75 Å². The summed E-state index contributed by atoms with van der Waals surface area (Å²) in [6.07, 6.45) is 1.54. The number of nitro groups is 1. The predicted molar refractivity (Wildman–Crippen MR) is 144 cm³/mol. The minimum atomic E-state index is -0.631. The Bertz CT molecular complexity index is 1450. The van der Waals surface area contributed by atoms with Gasteiger partial charge in [0, 0.05) is 17.8 Å². The van der Waals surface area contributed by atoms with Crippen LogP contribution in [0.3, 0.4) is 0 Å². The van der Waals surface area contributed by atoms with E-state index in [1.165, 1.54) is 30.3 Å². The molecule has 1 saturated heterocycles. The predicted octanol–water partition coefficient (Wildman–Crippen LogP) is 5.59. The number of non-ortho nitro benzene ring substituents is 1. The number of carbonyl (C=O) groups is 3. The summed E-state index contributed by atoms with van der Waals surface area (Å²) in [5, 5.41) is 12.8. The number of anilines is 1. The number of nitrogens with one attached hydrogen (secondary N) is 1. The molecular formula is C25H17FIN3O6S. The van der Waals surface area contributed by atoms with E-state index < -0.39 is 34.3 Å². The standard InChI is InChI=1S/C25H17FIN3O6S/c26-17-4-2-5-18(12-17)28-23(31)13-29-24(32)22(37-25(29)33)11-15-7-8-21(20(27)10-15)36-14-16-3-1-6-19(9-16)30(34)35/h1-12H,13-14H2,(H,28,31)/b22-11+. The highest BCUT2D eigenvalue weighted by Gasteiger charge is 2.36. The monoisotopic (exact) mass is 633 g/mol. The minimum absolute atomic E-state index is 0.0217. The van der Waals surface area contributed by atoms with Crippen LogP contribution in [-0.4, -0.2) is 33.4 Å². The molecule has 9 nitrogen and oxygen atoms in total. The zero-order chi connectivity index (χ0) is 26.5. The van der Waals surface area contributed by atoms with E-state index in [1.54, 1.807) is 36.4 Å². The Balaban J connectivity index is 1.39. The van der Waals surface area contributed by atoms with Gasteiger partial charge in [-0.1, -0.05) is 24.3 Å². The van der Waals surface area contributed by atoms with Gasteiger partial charge in [0.2, 0.25) is 5.91 Å². The van der Waals surface area contributed by atoms with Gasteiger partial charge in [0.25, 0.3) is 16.8 Å². The summed E-state index contributed by atoms with van der Waals surface area (Å²) in [5.74, 6) is -1.22. The zero-order valence-corrected chi connectivity index (χ0v) is 21.8. The summed E-state index contributed by atoms with van der Waals surface area (Å²) in [6, 6.07) is 16.6. The van der Waals surface area contributed by atoms with Gasteiger partial charge in [-0.15, -0.1) is 0 Å². The van der Waals surface area contributed by atoms with Crippen molar-refractivity contribution < 1.29 is 28.4 Å².